The number of rotatable bonds is 5. The molecule has 8 heteroatoms. The number of hydrazine groups is 1. The lowest BCUT2D eigenvalue weighted by Gasteiger charge is -2.12. The molecule has 136 valence electrons. The maximum atomic E-state index is 11.9. The van der Waals surface area contributed by atoms with Crippen molar-refractivity contribution in [3.8, 4) is 16.9 Å². The van der Waals surface area contributed by atoms with Gasteiger partial charge in [-0.05, 0) is 17.7 Å². The van der Waals surface area contributed by atoms with Crippen LogP contribution in [0.25, 0.3) is 11.1 Å². The van der Waals surface area contributed by atoms with E-state index in [1.165, 1.54) is 6.07 Å². The van der Waals surface area contributed by atoms with Gasteiger partial charge in [-0.15, -0.1) is 0 Å². The van der Waals surface area contributed by atoms with Gasteiger partial charge < -0.3 is 4.74 Å². The topological polar surface area (TPSA) is 113 Å². The first-order valence-corrected chi connectivity index (χ1v) is 8.05. The molecule has 1 heterocycles. The molecular formula is C19H16N4O4. The molecule has 0 aliphatic carbocycles. The lowest BCUT2D eigenvalue weighted by atomic mass is 10.1. The summed E-state index contributed by atoms with van der Waals surface area (Å²) in [5, 5.41) is 5.70. The molecule has 0 unspecified atom stereocenters. The van der Waals surface area contributed by atoms with Crippen LogP contribution < -0.4 is 21.1 Å². The third-order valence-electron chi connectivity index (χ3n) is 3.56. The van der Waals surface area contributed by atoms with Crippen LogP contribution in [0.5, 0.6) is 5.75 Å². The molecule has 0 aliphatic rings. The number of ether oxygens (including phenoxy) is 1. The van der Waals surface area contributed by atoms with Crippen LogP contribution >= 0.6 is 0 Å². The molecule has 0 aliphatic heterocycles. The number of hydrogen-bond donors (Lipinski definition) is 3. The molecule has 27 heavy (non-hydrogen) atoms. The average Bonchev–Trinajstić information content (AvgIpc) is 2.72. The van der Waals surface area contributed by atoms with Crippen LogP contribution in [0.3, 0.4) is 0 Å². The van der Waals surface area contributed by atoms with Crippen molar-refractivity contribution in [3.63, 3.8) is 0 Å². The minimum absolute atomic E-state index is 0.0368. The van der Waals surface area contributed by atoms with E-state index in [4.69, 9.17) is 4.74 Å². The van der Waals surface area contributed by atoms with Crippen molar-refractivity contribution in [2.45, 2.75) is 0 Å². The van der Waals surface area contributed by atoms with Gasteiger partial charge in [0.05, 0.1) is 0 Å². The predicted molar refractivity (Wildman–Crippen MR) is 97.8 cm³/mol. The third-order valence-corrected chi connectivity index (χ3v) is 3.56. The molecule has 2 aromatic carbocycles. The van der Waals surface area contributed by atoms with Gasteiger partial charge in [-0.25, -0.2) is 5.10 Å². The molecule has 3 N–H and O–H groups in total. The van der Waals surface area contributed by atoms with Crippen molar-refractivity contribution < 1.29 is 14.3 Å². The number of para-hydroxylation sites is 1. The average molecular weight is 364 g/mol. The zero-order valence-electron chi connectivity index (χ0n) is 14.1. The van der Waals surface area contributed by atoms with E-state index in [0.29, 0.717) is 5.75 Å². The number of nitrogens with one attached hydrogen (secondary N) is 3. The quantitative estimate of drug-likeness (QED) is 0.590. The van der Waals surface area contributed by atoms with Gasteiger partial charge in [0.15, 0.2) is 12.3 Å². The van der Waals surface area contributed by atoms with Gasteiger partial charge in [0.1, 0.15) is 5.75 Å². The Bertz CT molecular complexity index is 981. The fourth-order valence-corrected chi connectivity index (χ4v) is 2.29. The van der Waals surface area contributed by atoms with Gasteiger partial charge in [0, 0.05) is 11.6 Å². The number of aromatic nitrogens is 2. The standard InChI is InChI=1S/C19H16N4O4/c24-17-11-10-15(20-21-17)19(26)23-22-18(25)12-27-16-9-5-4-8-14(16)13-6-2-1-3-7-13/h1-11H,12H2,(H,21,24)(H,22,25)(H,23,26). The van der Waals surface area contributed by atoms with E-state index in [1.807, 2.05) is 48.5 Å². The highest BCUT2D eigenvalue weighted by atomic mass is 16.5. The number of amides is 2. The molecule has 3 aromatic rings. The minimum atomic E-state index is -0.663. The van der Waals surface area contributed by atoms with E-state index in [-0.39, 0.29) is 12.3 Å². The highest BCUT2D eigenvalue weighted by Crippen LogP contribution is 2.29. The fraction of sp³-hybridized carbons (Fsp3) is 0.0526. The number of carbonyl (C=O) groups is 2. The fourth-order valence-electron chi connectivity index (χ4n) is 2.29. The summed E-state index contributed by atoms with van der Waals surface area (Å²) in [6, 6.07) is 19.4. The molecule has 0 atom stereocenters. The van der Waals surface area contributed by atoms with E-state index >= 15 is 0 Å². The Balaban J connectivity index is 1.56. The molecule has 0 radical (unpaired) electrons. The molecule has 3 rings (SSSR count). The lowest BCUT2D eigenvalue weighted by molar-refractivity contribution is -0.123. The summed E-state index contributed by atoms with van der Waals surface area (Å²) in [6.07, 6.45) is 0. The molecule has 0 saturated carbocycles. The van der Waals surface area contributed by atoms with Crippen LogP contribution in [0.15, 0.2) is 71.5 Å². The second kappa shape index (κ2) is 8.43. The van der Waals surface area contributed by atoms with Gasteiger partial charge in [0.2, 0.25) is 0 Å². The van der Waals surface area contributed by atoms with E-state index in [1.54, 1.807) is 6.07 Å². The largest absolute Gasteiger partial charge is 0.483 e. The summed E-state index contributed by atoms with van der Waals surface area (Å²) in [7, 11) is 0. The predicted octanol–water partition coefficient (Wildman–Crippen LogP) is 1.28. The Hall–Kier alpha value is -3.94. The number of hydrogen-bond acceptors (Lipinski definition) is 5. The molecule has 0 saturated heterocycles. The van der Waals surface area contributed by atoms with Crippen molar-refractivity contribution >= 4 is 11.8 Å². The van der Waals surface area contributed by atoms with Crippen LogP contribution in [0.2, 0.25) is 0 Å². The van der Waals surface area contributed by atoms with Crippen LogP contribution in [0.4, 0.5) is 0 Å². The van der Waals surface area contributed by atoms with Gasteiger partial charge >= 0.3 is 0 Å². The molecule has 8 nitrogen and oxygen atoms in total. The molecule has 0 bridgehead atoms. The zero-order valence-corrected chi connectivity index (χ0v) is 14.1. The minimum Gasteiger partial charge on any atom is -0.483 e. The number of aromatic amines is 1. The maximum Gasteiger partial charge on any atom is 0.290 e. The van der Waals surface area contributed by atoms with E-state index in [0.717, 1.165) is 17.2 Å². The van der Waals surface area contributed by atoms with Crippen LogP contribution in [0.1, 0.15) is 10.5 Å². The summed E-state index contributed by atoms with van der Waals surface area (Å²) in [5.41, 5.74) is 5.78. The maximum absolute atomic E-state index is 11.9. The third kappa shape index (κ3) is 4.79. The van der Waals surface area contributed by atoms with Crippen LogP contribution in [0, 0.1) is 0 Å². The summed E-state index contributed by atoms with van der Waals surface area (Å²) in [5.74, 6) is -0.660. The zero-order chi connectivity index (χ0) is 19.1. The second-order valence-corrected chi connectivity index (χ2v) is 5.46. The van der Waals surface area contributed by atoms with E-state index in [9.17, 15) is 14.4 Å². The first-order chi connectivity index (χ1) is 13.1. The van der Waals surface area contributed by atoms with Crippen molar-refractivity contribution in [2.24, 2.45) is 0 Å². The molecule has 0 fully saturated rings. The van der Waals surface area contributed by atoms with Crippen LogP contribution in [-0.2, 0) is 4.79 Å². The van der Waals surface area contributed by atoms with E-state index in [2.05, 4.69) is 21.0 Å². The highest BCUT2D eigenvalue weighted by molar-refractivity contribution is 5.93. The first-order valence-electron chi connectivity index (χ1n) is 8.05. The van der Waals surface area contributed by atoms with Crippen molar-refractivity contribution in [1.82, 2.24) is 21.0 Å². The Labute approximate surface area is 154 Å². The second-order valence-electron chi connectivity index (χ2n) is 5.46. The number of nitrogens with zero attached hydrogens (tertiary/aromatic N) is 1. The molecule has 1 aromatic heterocycles. The highest BCUT2D eigenvalue weighted by Gasteiger charge is 2.11. The van der Waals surface area contributed by atoms with Crippen molar-refractivity contribution in [1.29, 1.82) is 0 Å². The summed E-state index contributed by atoms with van der Waals surface area (Å²) >= 11 is 0. The Morgan fingerprint density at radius 2 is 1.67 bits per heavy atom. The smallest absolute Gasteiger partial charge is 0.290 e. The number of carbonyl (C=O) groups excluding carboxylic acids is 2. The number of benzene rings is 2. The summed E-state index contributed by atoms with van der Waals surface area (Å²) < 4.78 is 5.58. The normalized spacial score (nSPS) is 10.1. The van der Waals surface area contributed by atoms with Gasteiger partial charge in [-0.3, -0.25) is 25.2 Å². The number of H-pyrrole nitrogens is 1. The van der Waals surface area contributed by atoms with Crippen molar-refractivity contribution in [3.05, 3.63) is 82.8 Å². The van der Waals surface area contributed by atoms with Crippen LogP contribution in [-0.4, -0.2) is 28.6 Å². The van der Waals surface area contributed by atoms with Gasteiger partial charge in [-0.2, -0.15) is 5.10 Å². The molecule has 2 amide bonds. The van der Waals surface area contributed by atoms with E-state index < -0.39 is 17.4 Å². The lowest BCUT2D eigenvalue weighted by Crippen LogP contribution is -2.44. The Kier molecular flexibility index (Phi) is 5.58. The van der Waals surface area contributed by atoms with Crippen molar-refractivity contribution in [2.75, 3.05) is 6.61 Å². The summed E-state index contributed by atoms with van der Waals surface area (Å²) in [4.78, 5) is 34.7. The monoisotopic (exact) mass is 364 g/mol. The molecular weight excluding hydrogens is 348 g/mol. The Morgan fingerprint density at radius 3 is 2.41 bits per heavy atom. The van der Waals surface area contributed by atoms with Gasteiger partial charge in [0.25, 0.3) is 17.4 Å². The van der Waals surface area contributed by atoms with Gasteiger partial charge in [-0.1, -0.05) is 48.5 Å². The summed E-state index contributed by atoms with van der Waals surface area (Å²) in [6.45, 7) is -0.289. The first kappa shape index (κ1) is 17.9. The molecule has 0 spiro atoms. The Morgan fingerprint density at radius 1 is 0.926 bits per heavy atom. The SMILES string of the molecule is O=C(COc1ccccc1-c1ccccc1)NNC(=O)c1ccc(=O)[nH]n1.